The summed E-state index contributed by atoms with van der Waals surface area (Å²) in [6.07, 6.45) is 3.13. The summed E-state index contributed by atoms with van der Waals surface area (Å²) in [7, 11) is -2.93. The number of cyclic esters (lactones) is 1. The van der Waals surface area contributed by atoms with E-state index < -0.39 is 38.0 Å². The van der Waals surface area contributed by atoms with Crippen LogP contribution < -0.4 is 0 Å². The molecule has 0 aromatic heterocycles. The number of hydrogen-bond donors (Lipinski definition) is 0. The van der Waals surface area contributed by atoms with E-state index in [-0.39, 0.29) is 17.7 Å². The SMILES string of the molecule is C=CC[C@]1(S(=O)(=O)c2ccccc2)C(=O)O[C@@](C)(CCCC(C)C)[C@@H]1CC(=O)OC. The summed E-state index contributed by atoms with van der Waals surface area (Å²) in [6.45, 7) is 9.60. The molecule has 0 saturated carbocycles. The van der Waals surface area contributed by atoms with Crippen LogP contribution in [0, 0.1) is 11.8 Å². The normalized spacial score (nSPS) is 26.4. The Labute approximate surface area is 179 Å². The molecule has 0 N–H and O–H groups in total. The summed E-state index contributed by atoms with van der Waals surface area (Å²) in [5.41, 5.74) is -1.11. The molecule has 7 heteroatoms. The molecule has 1 fully saturated rings. The van der Waals surface area contributed by atoms with E-state index in [0.29, 0.717) is 12.3 Å². The quantitative estimate of drug-likeness (QED) is 0.405. The molecule has 1 heterocycles. The minimum atomic E-state index is -4.18. The number of carbonyl (C=O) groups excluding carboxylic acids is 2. The van der Waals surface area contributed by atoms with Crippen LogP contribution in [0.25, 0.3) is 0 Å². The van der Waals surface area contributed by atoms with Gasteiger partial charge < -0.3 is 9.47 Å². The average Bonchev–Trinajstić information content (AvgIpc) is 2.90. The third-order valence-corrected chi connectivity index (χ3v) is 8.47. The maximum Gasteiger partial charge on any atom is 0.329 e. The second-order valence-electron chi connectivity index (χ2n) is 8.52. The Hall–Kier alpha value is -2.15. The lowest BCUT2D eigenvalue weighted by atomic mass is 9.75. The fourth-order valence-electron chi connectivity index (χ4n) is 4.38. The van der Waals surface area contributed by atoms with Gasteiger partial charge in [-0.3, -0.25) is 9.59 Å². The number of carbonyl (C=O) groups is 2. The number of ether oxygens (including phenoxy) is 2. The van der Waals surface area contributed by atoms with Gasteiger partial charge in [-0.2, -0.15) is 0 Å². The summed E-state index contributed by atoms with van der Waals surface area (Å²) in [5, 5.41) is 0. The highest BCUT2D eigenvalue weighted by Gasteiger charge is 2.69. The van der Waals surface area contributed by atoms with Crippen molar-refractivity contribution in [1.29, 1.82) is 0 Å². The minimum absolute atomic E-state index is 0.0186. The standard InChI is InChI=1S/C23H32O6S/c1-6-14-23(30(26,27)18-12-8-7-9-13-18)19(16-20(24)28-5)22(4,29-21(23)25)15-10-11-17(2)3/h6-9,12-13,17,19H,1,10-11,14-16H2,2-5H3/t19-,22-,23+/m0/s1. The highest BCUT2D eigenvalue weighted by molar-refractivity contribution is 7.93. The Kier molecular flexibility index (Phi) is 7.50. The van der Waals surface area contributed by atoms with Crippen LogP contribution in [0.5, 0.6) is 0 Å². The number of methoxy groups -OCH3 is 1. The van der Waals surface area contributed by atoms with Gasteiger partial charge in [0.2, 0.25) is 0 Å². The zero-order valence-electron chi connectivity index (χ0n) is 18.2. The Morgan fingerprint density at radius 1 is 1.30 bits per heavy atom. The van der Waals surface area contributed by atoms with Gasteiger partial charge in [0.05, 0.1) is 18.4 Å². The molecule has 0 amide bonds. The summed E-state index contributed by atoms with van der Waals surface area (Å²) in [5.74, 6) is -1.85. The Morgan fingerprint density at radius 2 is 1.93 bits per heavy atom. The first-order valence-corrected chi connectivity index (χ1v) is 11.7. The summed E-state index contributed by atoms with van der Waals surface area (Å²) < 4.78 is 36.3. The van der Waals surface area contributed by atoms with Crippen molar-refractivity contribution in [3.8, 4) is 0 Å². The lowest BCUT2D eigenvalue weighted by molar-refractivity contribution is -0.151. The van der Waals surface area contributed by atoms with Crippen LogP contribution in [0.1, 0.15) is 52.9 Å². The van der Waals surface area contributed by atoms with Crippen molar-refractivity contribution in [2.45, 2.75) is 68.1 Å². The number of rotatable bonds is 10. The largest absolute Gasteiger partial charge is 0.469 e. The van der Waals surface area contributed by atoms with Crippen molar-refractivity contribution in [2.24, 2.45) is 11.8 Å². The molecule has 166 valence electrons. The Bertz CT molecular complexity index is 876. The third-order valence-electron chi connectivity index (χ3n) is 6.01. The van der Waals surface area contributed by atoms with Gasteiger partial charge in [-0.1, -0.05) is 44.5 Å². The third kappa shape index (κ3) is 4.31. The number of esters is 2. The van der Waals surface area contributed by atoms with Gasteiger partial charge in [-0.05, 0) is 44.2 Å². The topological polar surface area (TPSA) is 86.7 Å². The van der Waals surface area contributed by atoms with E-state index in [0.717, 1.165) is 12.8 Å². The predicted octanol–water partition coefficient (Wildman–Crippen LogP) is 4.10. The van der Waals surface area contributed by atoms with Crippen LogP contribution in [0.4, 0.5) is 0 Å². The molecule has 0 aliphatic carbocycles. The number of benzene rings is 1. The van der Waals surface area contributed by atoms with E-state index >= 15 is 0 Å². The lowest BCUT2D eigenvalue weighted by Crippen LogP contribution is -2.51. The van der Waals surface area contributed by atoms with Crippen LogP contribution in [0.2, 0.25) is 0 Å². The Morgan fingerprint density at radius 3 is 2.47 bits per heavy atom. The van der Waals surface area contributed by atoms with Gasteiger partial charge in [-0.25, -0.2) is 8.42 Å². The molecule has 0 spiro atoms. The first kappa shape index (κ1) is 24.1. The van der Waals surface area contributed by atoms with Gasteiger partial charge in [0.15, 0.2) is 14.6 Å². The highest BCUT2D eigenvalue weighted by Crippen LogP contribution is 2.52. The molecule has 0 bridgehead atoms. The maximum atomic E-state index is 13.8. The first-order valence-electron chi connectivity index (χ1n) is 10.3. The van der Waals surface area contributed by atoms with E-state index in [4.69, 9.17) is 9.47 Å². The fourth-order valence-corrected chi connectivity index (χ4v) is 6.62. The van der Waals surface area contributed by atoms with Crippen LogP contribution in [0.15, 0.2) is 47.9 Å². The second kappa shape index (κ2) is 9.33. The molecule has 1 aromatic carbocycles. The smallest absolute Gasteiger partial charge is 0.329 e. The van der Waals surface area contributed by atoms with Crippen molar-refractivity contribution >= 4 is 21.8 Å². The second-order valence-corrected chi connectivity index (χ2v) is 10.7. The minimum Gasteiger partial charge on any atom is -0.469 e. The lowest BCUT2D eigenvalue weighted by Gasteiger charge is -2.35. The number of hydrogen-bond acceptors (Lipinski definition) is 6. The zero-order chi connectivity index (χ0) is 22.6. The first-order chi connectivity index (χ1) is 14.0. The Balaban J connectivity index is 2.64. The number of sulfone groups is 1. The van der Waals surface area contributed by atoms with E-state index in [9.17, 15) is 18.0 Å². The highest BCUT2D eigenvalue weighted by atomic mass is 32.2. The van der Waals surface area contributed by atoms with Gasteiger partial charge in [-0.15, -0.1) is 6.58 Å². The molecule has 1 aliphatic rings. The van der Waals surface area contributed by atoms with Gasteiger partial charge in [0.25, 0.3) is 0 Å². The van der Waals surface area contributed by atoms with Crippen LogP contribution in [0.3, 0.4) is 0 Å². The molecular weight excluding hydrogens is 404 g/mol. The van der Waals surface area contributed by atoms with Gasteiger partial charge in [0, 0.05) is 5.92 Å². The number of allylic oxidation sites excluding steroid dienone is 1. The summed E-state index contributed by atoms with van der Waals surface area (Å²) in [4.78, 5) is 25.6. The zero-order valence-corrected chi connectivity index (χ0v) is 19.0. The van der Waals surface area contributed by atoms with Crippen LogP contribution in [-0.4, -0.2) is 37.8 Å². The molecule has 2 rings (SSSR count). The molecule has 0 unspecified atom stereocenters. The molecule has 1 saturated heterocycles. The van der Waals surface area contributed by atoms with E-state index in [2.05, 4.69) is 20.4 Å². The summed E-state index contributed by atoms with van der Waals surface area (Å²) in [6, 6.07) is 7.82. The van der Waals surface area contributed by atoms with Crippen molar-refractivity contribution in [1.82, 2.24) is 0 Å². The molecule has 3 atom stereocenters. The molecule has 30 heavy (non-hydrogen) atoms. The average molecular weight is 437 g/mol. The van der Waals surface area contributed by atoms with Crippen molar-refractivity contribution in [3.05, 3.63) is 43.0 Å². The molecule has 0 radical (unpaired) electrons. The summed E-state index contributed by atoms with van der Waals surface area (Å²) >= 11 is 0. The van der Waals surface area contributed by atoms with Gasteiger partial charge in [0.1, 0.15) is 5.60 Å². The monoisotopic (exact) mass is 436 g/mol. The molecule has 1 aliphatic heterocycles. The molecule has 1 aromatic rings. The maximum absolute atomic E-state index is 13.8. The molecular formula is C23H32O6S. The molecule has 6 nitrogen and oxygen atoms in total. The van der Waals surface area contributed by atoms with E-state index in [1.165, 1.54) is 25.3 Å². The van der Waals surface area contributed by atoms with Crippen molar-refractivity contribution in [3.63, 3.8) is 0 Å². The predicted molar refractivity (Wildman–Crippen MR) is 114 cm³/mol. The fraction of sp³-hybridized carbons (Fsp3) is 0.565. The van der Waals surface area contributed by atoms with E-state index in [1.807, 2.05) is 0 Å². The van der Waals surface area contributed by atoms with Gasteiger partial charge >= 0.3 is 11.9 Å². The van der Waals surface area contributed by atoms with E-state index in [1.54, 1.807) is 25.1 Å². The van der Waals surface area contributed by atoms with Crippen LogP contribution >= 0.6 is 0 Å². The van der Waals surface area contributed by atoms with Crippen LogP contribution in [-0.2, 0) is 28.9 Å². The van der Waals surface area contributed by atoms with Crippen molar-refractivity contribution < 1.29 is 27.5 Å². The van der Waals surface area contributed by atoms with Crippen molar-refractivity contribution in [2.75, 3.05) is 7.11 Å².